The van der Waals surface area contributed by atoms with E-state index in [0.29, 0.717) is 35.5 Å². The minimum atomic E-state index is -1.09. The summed E-state index contributed by atoms with van der Waals surface area (Å²) in [6, 6.07) is 13.0. The molecule has 1 aromatic heterocycles. The van der Waals surface area contributed by atoms with Crippen LogP contribution in [0.15, 0.2) is 46.9 Å². The number of hydrogen-bond acceptors (Lipinski definition) is 4. The molecular formula is C22H20N2O4. The number of carboxylic acids is 1. The van der Waals surface area contributed by atoms with Crippen LogP contribution in [0.4, 0.5) is 5.69 Å². The molecule has 2 aromatic carbocycles. The average Bonchev–Trinajstić information content (AvgIpc) is 3.31. The van der Waals surface area contributed by atoms with E-state index in [1.165, 1.54) is 0 Å². The molecule has 5 rings (SSSR count). The zero-order chi connectivity index (χ0) is 19.3. The predicted molar refractivity (Wildman–Crippen MR) is 103 cm³/mol. The molecule has 0 unspecified atom stereocenters. The largest absolute Gasteiger partial charge is 0.481 e. The Morgan fingerprint density at radius 3 is 2.50 bits per heavy atom. The first kappa shape index (κ1) is 17.0. The van der Waals surface area contributed by atoms with Gasteiger partial charge in [0.05, 0.1) is 5.41 Å². The van der Waals surface area contributed by atoms with Crippen molar-refractivity contribution in [3.8, 4) is 0 Å². The van der Waals surface area contributed by atoms with Gasteiger partial charge < -0.3 is 14.8 Å². The molecule has 0 aliphatic heterocycles. The molecule has 142 valence electrons. The van der Waals surface area contributed by atoms with Crippen molar-refractivity contribution in [1.29, 1.82) is 0 Å². The third-order valence-corrected chi connectivity index (χ3v) is 5.74. The fraction of sp³-hybridized carbons (Fsp3) is 0.318. The van der Waals surface area contributed by atoms with E-state index in [0.717, 1.165) is 29.9 Å². The standard InChI is InChI=1S/C22H20N2O4/c25-19(12-22(21(26)27)10-14-3-1-2-4-15(14)11-22)23-16-7-8-18-17(9-16)24-20(28-18)13-5-6-13/h1-4,7-9,13H,5-6,10-12H2,(H,23,25)(H,26,27). The molecule has 1 saturated carbocycles. The topological polar surface area (TPSA) is 92.4 Å². The summed E-state index contributed by atoms with van der Waals surface area (Å²) in [4.78, 5) is 29.2. The van der Waals surface area contributed by atoms with Crippen molar-refractivity contribution in [1.82, 2.24) is 4.98 Å². The number of carbonyl (C=O) groups is 2. The fourth-order valence-corrected chi connectivity index (χ4v) is 4.09. The number of hydrogen-bond donors (Lipinski definition) is 2. The van der Waals surface area contributed by atoms with Crippen LogP contribution in [0.25, 0.3) is 11.1 Å². The molecule has 1 fully saturated rings. The Hall–Kier alpha value is -3.15. The Labute approximate surface area is 161 Å². The predicted octanol–water partition coefficient (Wildman–Crippen LogP) is 3.90. The minimum absolute atomic E-state index is 0.0683. The second kappa shape index (κ2) is 6.19. The van der Waals surface area contributed by atoms with Crippen LogP contribution >= 0.6 is 0 Å². The van der Waals surface area contributed by atoms with E-state index in [4.69, 9.17) is 4.42 Å². The van der Waals surface area contributed by atoms with Crippen molar-refractivity contribution < 1.29 is 19.1 Å². The van der Waals surface area contributed by atoms with Gasteiger partial charge in [0.2, 0.25) is 5.91 Å². The van der Waals surface area contributed by atoms with E-state index in [2.05, 4.69) is 10.3 Å². The molecule has 2 aliphatic carbocycles. The first-order valence-electron chi connectivity index (χ1n) is 9.53. The monoisotopic (exact) mass is 376 g/mol. The number of oxazole rings is 1. The highest BCUT2D eigenvalue weighted by molar-refractivity contribution is 5.96. The molecule has 3 aromatic rings. The SMILES string of the molecule is O=C(CC1(C(=O)O)Cc2ccccc2C1)Nc1ccc2oc(C3CC3)nc2c1. The summed E-state index contributed by atoms with van der Waals surface area (Å²) < 4.78 is 5.74. The van der Waals surface area contributed by atoms with Gasteiger partial charge in [0.15, 0.2) is 11.5 Å². The normalized spacial score (nSPS) is 17.4. The smallest absolute Gasteiger partial charge is 0.310 e. The minimum Gasteiger partial charge on any atom is -0.481 e. The Morgan fingerprint density at radius 2 is 1.86 bits per heavy atom. The van der Waals surface area contributed by atoms with Gasteiger partial charge in [-0.15, -0.1) is 0 Å². The Morgan fingerprint density at radius 1 is 1.14 bits per heavy atom. The summed E-state index contributed by atoms with van der Waals surface area (Å²) in [5.41, 5.74) is 2.94. The van der Waals surface area contributed by atoms with E-state index in [-0.39, 0.29) is 12.3 Å². The van der Waals surface area contributed by atoms with Crippen LogP contribution in [0, 0.1) is 5.41 Å². The van der Waals surface area contributed by atoms with E-state index in [1.807, 2.05) is 24.3 Å². The molecule has 2 aliphatic rings. The summed E-state index contributed by atoms with van der Waals surface area (Å²) in [7, 11) is 0. The van der Waals surface area contributed by atoms with Gasteiger partial charge in [0.25, 0.3) is 0 Å². The average molecular weight is 376 g/mol. The van der Waals surface area contributed by atoms with Gasteiger partial charge in [-0.25, -0.2) is 4.98 Å². The molecule has 6 nitrogen and oxygen atoms in total. The molecule has 2 N–H and O–H groups in total. The second-order valence-electron chi connectivity index (χ2n) is 7.94. The molecule has 0 saturated heterocycles. The lowest BCUT2D eigenvalue weighted by atomic mass is 9.81. The third-order valence-electron chi connectivity index (χ3n) is 5.74. The Kier molecular flexibility index (Phi) is 3.75. The van der Waals surface area contributed by atoms with Crippen LogP contribution in [-0.2, 0) is 22.4 Å². The van der Waals surface area contributed by atoms with Gasteiger partial charge >= 0.3 is 5.97 Å². The first-order chi connectivity index (χ1) is 13.5. The number of carboxylic acid groups (broad SMARTS) is 1. The number of benzene rings is 2. The van der Waals surface area contributed by atoms with Crippen molar-refractivity contribution in [3.63, 3.8) is 0 Å². The number of carbonyl (C=O) groups excluding carboxylic acids is 1. The van der Waals surface area contributed by atoms with Crippen LogP contribution in [-0.4, -0.2) is 22.0 Å². The molecule has 6 heteroatoms. The zero-order valence-electron chi connectivity index (χ0n) is 15.3. The summed E-state index contributed by atoms with van der Waals surface area (Å²) >= 11 is 0. The van der Waals surface area contributed by atoms with Crippen LogP contribution in [0.3, 0.4) is 0 Å². The number of fused-ring (bicyclic) bond motifs is 2. The maximum absolute atomic E-state index is 12.7. The molecule has 0 atom stereocenters. The number of anilines is 1. The van der Waals surface area contributed by atoms with E-state index < -0.39 is 11.4 Å². The number of nitrogens with zero attached hydrogens (tertiary/aromatic N) is 1. The van der Waals surface area contributed by atoms with E-state index in [1.54, 1.807) is 18.2 Å². The second-order valence-corrected chi connectivity index (χ2v) is 7.94. The molecule has 28 heavy (non-hydrogen) atoms. The number of amides is 1. The summed E-state index contributed by atoms with van der Waals surface area (Å²) in [6.45, 7) is 0. The fourth-order valence-electron chi connectivity index (χ4n) is 4.09. The van der Waals surface area contributed by atoms with Crippen molar-refractivity contribution in [2.75, 3.05) is 5.32 Å². The van der Waals surface area contributed by atoms with Crippen LogP contribution in [0.5, 0.6) is 0 Å². The molecule has 1 heterocycles. The molecule has 0 bridgehead atoms. The van der Waals surface area contributed by atoms with Gasteiger partial charge in [-0.2, -0.15) is 0 Å². The number of aromatic nitrogens is 1. The van der Waals surface area contributed by atoms with E-state index in [9.17, 15) is 14.7 Å². The Balaban J connectivity index is 1.33. The van der Waals surface area contributed by atoms with Gasteiger partial charge in [0, 0.05) is 18.0 Å². The quantitative estimate of drug-likeness (QED) is 0.704. The maximum atomic E-state index is 12.7. The number of aliphatic carboxylic acids is 1. The number of rotatable bonds is 5. The van der Waals surface area contributed by atoms with Gasteiger partial charge in [-0.3, -0.25) is 9.59 Å². The van der Waals surface area contributed by atoms with Crippen LogP contribution in [0.2, 0.25) is 0 Å². The molecular weight excluding hydrogens is 356 g/mol. The van der Waals surface area contributed by atoms with Crippen molar-refractivity contribution in [2.45, 2.75) is 38.0 Å². The van der Waals surface area contributed by atoms with Crippen LogP contribution in [0.1, 0.15) is 42.2 Å². The third kappa shape index (κ3) is 2.95. The summed E-state index contributed by atoms with van der Waals surface area (Å²) in [5.74, 6) is -0.0581. The van der Waals surface area contributed by atoms with Crippen molar-refractivity contribution in [3.05, 3.63) is 59.5 Å². The highest BCUT2D eigenvalue weighted by Crippen LogP contribution is 2.41. The van der Waals surface area contributed by atoms with Gasteiger partial charge in [0.1, 0.15) is 5.52 Å². The molecule has 0 radical (unpaired) electrons. The van der Waals surface area contributed by atoms with Crippen molar-refractivity contribution >= 4 is 28.7 Å². The zero-order valence-corrected chi connectivity index (χ0v) is 15.3. The lowest BCUT2D eigenvalue weighted by Gasteiger charge is -2.23. The van der Waals surface area contributed by atoms with Gasteiger partial charge in [-0.05, 0) is 55.0 Å². The lowest BCUT2D eigenvalue weighted by molar-refractivity contribution is -0.150. The highest BCUT2D eigenvalue weighted by Gasteiger charge is 2.45. The summed E-state index contributed by atoms with van der Waals surface area (Å²) in [6.07, 6.45) is 2.89. The maximum Gasteiger partial charge on any atom is 0.310 e. The highest BCUT2D eigenvalue weighted by atomic mass is 16.4. The molecule has 1 amide bonds. The van der Waals surface area contributed by atoms with E-state index >= 15 is 0 Å². The number of nitrogens with one attached hydrogen (secondary N) is 1. The molecule has 0 spiro atoms. The summed E-state index contributed by atoms with van der Waals surface area (Å²) in [5, 5.41) is 12.7. The van der Waals surface area contributed by atoms with Crippen molar-refractivity contribution in [2.24, 2.45) is 5.41 Å². The lowest BCUT2D eigenvalue weighted by Crippen LogP contribution is -2.36. The Bertz CT molecular complexity index is 1070. The first-order valence-corrected chi connectivity index (χ1v) is 9.53. The van der Waals surface area contributed by atoms with Crippen LogP contribution < -0.4 is 5.32 Å². The van der Waals surface area contributed by atoms with Gasteiger partial charge in [-0.1, -0.05) is 24.3 Å².